The molecule has 0 radical (unpaired) electrons. The van der Waals surface area contributed by atoms with Crippen LogP contribution < -0.4 is 4.90 Å². The second kappa shape index (κ2) is 8.97. The molecular formula is C20H26F2N6O3. The van der Waals surface area contributed by atoms with Crippen LogP contribution in [0.15, 0.2) is 17.2 Å². The Morgan fingerprint density at radius 3 is 2.35 bits per heavy atom. The molecule has 0 spiro atoms. The maximum atomic E-state index is 14.9. The molecule has 0 saturated carbocycles. The number of hydrogen-bond donors (Lipinski definition) is 0. The van der Waals surface area contributed by atoms with Crippen molar-refractivity contribution in [3.63, 3.8) is 0 Å². The summed E-state index contributed by atoms with van der Waals surface area (Å²) < 4.78 is 35.1. The van der Waals surface area contributed by atoms with E-state index in [1.54, 1.807) is 25.7 Å². The molecule has 0 unspecified atom stereocenters. The van der Waals surface area contributed by atoms with Crippen LogP contribution in [0.25, 0.3) is 10.4 Å². The van der Waals surface area contributed by atoms with Crippen LogP contribution in [-0.2, 0) is 9.53 Å². The second-order valence-corrected chi connectivity index (χ2v) is 8.60. The molecule has 0 N–H and O–H groups in total. The largest absolute Gasteiger partial charge is 0.444 e. The summed E-state index contributed by atoms with van der Waals surface area (Å²) in [6.45, 7) is 6.67. The molecule has 2 heterocycles. The lowest BCUT2D eigenvalue weighted by Gasteiger charge is -2.37. The third kappa shape index (κ3) is 5.16. The molecule has 2 saturated heterocycles. The van der Waals surface area contributed by atoms with Gasteiger partial charge in [-0.2, -0.15) is 0 Å². The standard InChI is InChI=1S/C20H26F2N6O3/c1-20(2,3)31-19(30)27-8-6-26(7-9-27)17-15(21)10-13(11-16(17)22)14-4-5-28(18(14)29)12-24-25-23/h10-11,14H,4-9,12H2,1-3H3/t14-/m1/s1. The predicted molar refractivity (Wildman–Crippen MR) is 109 cm³/mol. The number of likely N-dealkylation sites (tertiary alicyclic amines) is 1. The molecule has 168 valence electrons. The zero-order valence-corrected chi connectivity index (χ0v) is 17.8. The average molecular weight is 436 g/mol. The summed E-state index contributed by atoms with van der Waals surface area (Å²) in [4.78, 5) is 31.7. The molecule has 31 heavy (non-hydrogen) atoms. The number of nitrogens with zero attached hydrogens (tertiary/aromatic N) is 6. The van der Waals surface area contributed by atoms with Gasteiger partial charge in [-0.05, 0) is 50.4 Å². The van der Waals surface area contributed by atoms with Gasteiger partial charge < -0.3 is 19.4 Å². The van der Waals surface area contributed by atoms with Crippen LogP contribution in [0.2, 0.25) is 0 Å². The minimum atomic E-state index is -0.748. The lowest BCUT2D eigenvalue weighted by atomic mass is 9.96. The summed E-state index contributed by atoms with van der Waals surface area (Å²) in [5, 5.41) is 3.37. The first-order valence-electron chi connectivity index (χ1n) is 10.1. The number of halogens is 2. The Balaban J connectivity index is 1.69. The van der Waals surface area contributed by atoms with Crippen molar-refractivity contribution in [1.29, 1.82) is 0 Å². The maximum absolute atomic E-state index is 14.9. The van der Waals surface area contributed by atoms with Crippen molar-refractivity contribution >= 4 is 17.7 Å². The predicted octanol–water partition coefficient (Wildman–Crippen LogP) is 3.61. The van der Waals surface area contributed by atoms with Crippen molar-refractivity contribution in [3.05, 3.63) is 39.8 Å². The van der Waals surface area contributed by atoms with E-state index in [0.717, 1.165) is 0 Å². The number of rotatable bonds is 4. The fourth-order valence-corrected chi connectivity index (χ4v) is 3.82. The molecule has 2 fully saturated rings. The SMILES string of the molecule is CC(C)(C)OC(=O)N1CCN(c2c(F)cc([C@H]3CCN(CN=[N+]=[N-])C3=O)cc2F)CC1. The van der Waals surface area contributed by atoms with Crippen LogP contribution in [0.4, 0.5) is 19.3 Å². The third-order valence-electron chi connectivity index (χ3n) is 5.28. The van der Waals surface area contributed by atoms with E-state index < -0.39 is 29.2 Å². The number of benzene rings is 1. The van der Waals surface area contributed by atoms with Gasteiger partial charge in [0.1, 0.15) is 22.9 Å². The summed E-state index contributed by atoms with van der Waals surface area (Å²) in [6.07, 6.45) is -0.0551. The van der Waals surface area contributed by atoms with E-state index >= 15 is 0 Å². The Morgan fingerprint density at radius 1 is 1.19 bits per heavy atom. The summed E-state index contributed by atoms with van der Waals surface area (Å²) in [5.41, 5.74) is 7.89. The van der Waals surface area contributed by atoms with Crippen LogP contribution >= 0.6 is 0 Å². The fraction of sp³-hybridized carbons (Fsp3) is 0.600. The van der Waals surface area contributed by atoms with Crippen LogP contribution in [0.3, 0.4) is 0 Å². The van der Waals surface area contributed by atoms with Crippen molar-refractivity contribution in [2.45, 2.75) is 38.7 Å². The topological polar surface area (TPSA) is 102 Å². The minimum Gasteiger partial charge on any atom is -0.444 e. The van der Waals surface area contributed by atoms with E-state index in [1.165, 1.54) is 21.9 Å². The van der Waals surface area contributed by atoms with Crippen LogP contribution in [0.5, 0.6) is 0 Å². The monoisotopic (exact) mass is 436 g/mol. The van der Waals surface area contributed by atoms with Crippen molar-refractivity contribution in [2.75, 3.05) is 44.3 Å². The van der Waals surface area contributed by atoms with E-state index in [0.29, 0.717) is 13.0 Å². The average Bonchev–Trinajstić information content (AvgIpc) is 3.05. The molecule has 1 aromatic rings. The zero-order chi connectivity index (χ0) is 22.8. The number of azide groups is 1. The van der Waals surface area contributed by atoms with Gasteiger partial charge in [-0.25, -0.2) is 13.6 Å². The van der Waals surface area contributed by atoms with Gasteiger partial charge in [0.25, 0.3) is 0 Å². The van der Waals surface area contributed by atoms with Crippen molar-refractivity contribution < 1.29 is 23.1 Å². The number of carbonyl (C=O) groups excluding carboxylic acids is 2. The van der Waals surface area contributed by atoms with Gasteiger partial charge in [-0.3, -0.25) is 4.79 Å². The van der Waals surface area contributed by atoms with Gasteiger partial charge in [-0.15, -0.1) is 0 Å². The van der Waals surface area contributed by atoms with Crippen molar-refractivity contribution in [1.82, 2.24) is 9.80 Å². The van der Waals surface area contributed by atoms with Gasteiger partial charge in [0.15, 0.2) is 0 Å². The van der Waals surface area contributed by atoms with Gasteiger partial charge in [0, 0.05) is 37.6 Å². The quantitative estimate of drug-likeness (QED) is 0.409. The van der Waals surface area contributed by atoms with Gasteiger partial charge >= 0.3 is 6.09 Å². The smallest absolute Gasteiger partial charge is 0.410 e. The Labute approximate surface area is 179 Å². The number of hydrogen-bond acceptors (Lipinski definition) is 5. The first-order valence-corrected chi connectivity index (χ1v) is 10.1. The van der Waals surface area contributed by atoms with E-state index in [9.17, 15) is 18.4 Å². The number of anilines is 1. The first kappa shape index (κ1) is 22.6. The molecule has 0 aromatic heterocycles. The number of carbonyl (C=O) groups is 2. The van der Waals surface area contributed by atoms with Gasteiger partial charge in [0.05, 0.1) is 12.6 Å². The fourth-order valence-electron chi connectivity index (χ4n) is 3.82. The van der Waals surface area contributed by atoms with Crippen LogP contribution in [0, 0.1) is 11.6 Å². The Bertz CT molecular complexity index is 882. The Morgan fingerprint density at radius 2 is 1.81 bits per heavy atom. The van der Waals surface area contributed by atoms with Crippen LogP contribution in [0.1, 0.15) is 38.7 Å². The van der Waals surface area contributed by atoms with E-state index in [1.807, 2.05) is 0 Å². The van der Waals surface area contributed by atoms with Gasteiger partial charge in [-0.1, -0.05) is 5.11 Å². The second-order valence-electron chi connectivity index (χ2n) is 8.60. The van der Waals surface area contributed by atoms with Gasteiger partial charge in [0.2, 0.25) is 5.91 Å². The molecule has 2 amide bonds. The molecule has 1 aromatic carbocycles. The lowest BCUT2D eigenvalue weighted by molar-refractivity contribution is -0.128. The highest BCUT2D eigenvalue weighted by atomic mass is 19.1. The highest BCUT2D eigenvalue weighted by molar-refractivity contribution is 5.86. The summed E-state index contributed by atoms with van der Waals surface area (Å²) in [6, 6.07) is 2.39. The molecule has 3 rings (SSSR count). The first-order chi connectivity index (χ1) is 14.6. The maximum Gasteiger partial charge on any atom is 0.410 e. The normalized spacial score (nSPS) is 19.5. The highest BCUT2D eigenvalue weighted by Gasteiger charge is 2.34. The molecule has 2 aliphatic rings. The Kier molecular flexibility index (Phi) is 6.54. The lowest BCUT2D eigenvalue weighted by Crippen LogP contribution is -2.50. The zero-order valence-electron chi connectivity index (χ0n) is 17.8. The van der Waals surface area contributed by atoms with E-state index in [2.05, 4.69) is 10.0 Å². The Hall–Kier alpha value is -3.07. The summed E-state index contributed by atoms with van der Waals surface area (Å²) in [5.74, 6) is -2.48. The third-order valence-corrected chi connectivity index (χ3v) is 5.28. The number of piperazine rings is 1. The molecule has 9 nitrogen and oxygen atoms in total. The summed E-state index contributed by atoms with van der Waals surface area (Å²) >= 11 is 0. The molecule has 2 aliphatic heterocycles. The number of amides is 2. The minimum absolute atomic E-state index is 0.100. The molecule has 11 heteroatoms. The van der Waals surface area contributed by atoms with Crippen molar-refractivity contribution in [3.8, 4) is 0 Å². The molecule has 1 atom stereocenters. The highest BCUT2D eigenvalue weighted by Crippen LogP contribution is 2.33. The summed E-state index contributed by atoms with van der Waals surface area (Å²) in [7, 11) is 0. The van der Waals surface area contributed by atoms with Crippen molar-refractivity contribution in [2.24, 2.45) is 5.11 Å². The molecule has 0 aliphatic carbocycles. The van der Waals surface area contributed by atoms with E-state index in [4.69, 9.17) is 10.3 Å². The molecular weight excluding hydrogens is 410 g/mol. The van der Waals surface area contributed by atoms with Crippen LogP contribution in [-0.4, -0.2) is 66.8 Å². The molecule has 0 bridgehead atoms. The number of ether oxygens (including phenoxy) is 1. The van der Waals surface area contributed by atoms with E-state index in [-0.39, 0.29) is 50.0 Å².